The molecular weight excluding hydrogens is 146 g/mol. The SMILES string of the molecule is CC1=CC=CNc2ccccc21. The summed E-state index contributed by atoms with van der Waals surface area (Å²) >= 11 is 0. The second kappa shape index (κ2) is 2.86. The minimum Gasteiger partial charge on any atom is -0.361 e. The molecule has 0 aromatic heterocycles. The van der Waals surface area contributed by atoms with Crippen LogP contribution in [0.4, 0.5) is 5.69 Å². The number of anilines is 1. The van der Waals surface area contributed by atoms with Crippen molar-refractivity contribution < 1.29 is 0 Å². The van der Waals surface area contributed by atoms with Crippen LogP contribution in [0.2, 0.25) is 0 Å². The Hall–Kier alpha value is -1.50. The molecule has 0 radical (unpaired) electrons. The first kappa shape index (κ1) is 7.17. The number of nitrogens with one attached hydrogen (secondary N) is 1. The van der Waals surface area contributed by atoms with Gasteiger partial charge in [-0.3, -0.25) is 0 Å². The monoisotopic (exact) mass is 157 g/mol. The molecule has 0 aliphatic carbocycles. The maximum absolute atomic E-state index is 3.22. The van der Waals surface area contributed by atoms with Crippen molar-refractivity contribution in [2.45, 2.75) is 6.92 Å². The van der Waals surface area contributed by atoms with Crippen molar-refractivity contribution in [1.82, 2.24) is 0 Å². The zero-order valence-corrected chi connectivity index (χ0v) is 7.04. The normalized spacial score (nSPS) is 14.2. The van der Waals surface area contributed by atoms with Gasteiger partial charge in [-0.1, -0.05) is 24.3 Å². The number of allylic oxidation sites excluding steroid dienone is 3. The minimum atomic E-state index is 1.18. The Morgan fingerprint density at radius 1 is 1.17 bits per heavy atom. The largest absolute Gasteiger partial charge is 0.361 e. The van der Waals surface area contributed by atoms with E-state index in [0.29, 0.717) is 0 Å². The summed E-state index contributed by atoms with van der Waals surface area (Å²) in [6.07, 6.45) is 6.09. The molecule has 0 saturated heterocycles. The van der Waals surface area contributed by atoms with Crippen LogP contribution < -0.4 is 5.32 Å². The van der Waals surface area contributed by atoms with Crippen molar-refractivity contribution in [3.05, 3.63) is 48.2 Å². The Morgan fingerprint density at radius 3 is 2.92 bits per heavy atom. The average molecular weight is 157 g/mol. The van der Waals surface area contributed by atoms with Gasteiger partial charge >= 0.3 is 0 Å². The van der Waals surface area contributed by atoms with Gasteiger partial charge in [-0.05, 0) is 24.6 Å². The standard InChI is InChI=1S/C11H11N/c1-9-5-4-8-12-11-7-3-2-6-10(9)11/h2-8,12H,1H3. The van der Waals surface area contributed by atoms with Gasteiger partial charge in [-0.25, -0.2) is 0 Å². The van der Waals surface area contributed by atoms with E-state index < -0.39 is 0 Å². The zero-order chi connectivity index (χ0) is 8.39. The van der Waals surface area contributed by atoms with Crippen LogP contribution in [0, 0.1) is 0 Å². The summed E-state index contributed by atoms with van der Waals surface area (Å²) in [4.78, 5) is 0. The van der Waals surface area contributed by atoms with Crippen LogP contribution in [0.15, 0.2) is 42.6 Å². The zero-order valence-electron chi connectivity index (χ0n) is 7.04. The van der Waals surface area contributed by atoms with Crippen molar-refractivity contribution in [3.8, 4) is 0 Å². The van der Waals surface area contributed by atoms with E-state index in [1.807, 2.05) is 18.3 Å². The van der Waals surface area contributed by atoms with Crippen LogP contribution in [-0.2, 0) is 0 Å². The first-order valence-corrected chi connectivity index (χ1v) is 4.07. The van der Waals surface area contributed by atoms with Gasteiger partial charge in [-0.2, -0.15) is 0 Å². The van der Waals surface area contributed by atoms with Gasteiger partial charge in [0.15, 0.2) is 0 Å². The highest BCUT2D eigenvalue weighted by Crippen LogP contribution is 2.24. The third-order valence-corrected chi connectivity index (χ3v) is 2.03. The summed E-state index contributed by atoms with van der Waals surface area (Å²) in [6.45, 7) is 2.12. The molecule has 0 bridgehead atoms. The average Bonchev–Trinajstić information content (AvgIpc) is 2.29. The third-order valence-electron chi connectivity index (χ3n) is 2.03. The van der Waals surface area contributed by atoms with E-state index >= 15 is 0 Å². The highest BCUT2D eigenvalue weighted by molar-refractivity contribution is 5.77. The summed E-state index contributed by atoms with van der Waals surface area (Å²) in [6, 6.07) is 8.31. The molecule has 1 aromatic carbocycles. The molecule has 1 nitrogen and oxygen atoms in total. The van der Waals surface area contributed by atoms with Crippen LogP contribution in [-0.4, -0.2) is 0 Å². The van der Waals surface area contributed by atoms with Crippen molar-refractivity contribution >= 4 is 11.3 Å². The first-order chi connectivity index (χ1) is 5.88. The molecular formula is C11H11N. The second-order valence-electron chi connectivity index (χ2n) is 2.90. The van der Waals surface area contributed by atoms with Crippen molar-refractivity contribution in [2.75, 3.05) is 5.32 Å². The Labute approximate surface area is 72.4 Å². The van der Waals surface area contributed by atoms with Crippen LogP contribution in [0.5, 0.6) is 0 Å². The second-order valence-corrected chi connectivity index (χ2v) is 2.90. The van der Waals surface area contributed by atoms with E-state index in [2.05, 4.69) is 36.5 Å². The van der Waals surface area contributed by atoms with E-state index in [9.17, 15) is 0 Å². The molecule has 0 fully saturated rings. The van der Waals surface area contributed by atoms with E-state index in [1.165, 1.54) is 16.8 Å². The fourth-order valence-corrected chi connectivity index (χ4v) is 1.37. The molecule has 0 amide bonds. The van der Waals surface area contributed by atoms with Gasteiger partial charge in [0.25, 0.3) is 0 Å². The predicted octanol–water partition coefficient (Wildman–Crippen LogP) is 3.03. The van der Waals surface area contributed by atoms with E-state index in [1.54, 1.807) is 0 Å². The lowest BCUT2D eigenvalue weighted by atomic mass is 10.1. The van der Waals surface area contributed by atoms with Gasteiger partial charge in [0, 0.05) is 17.5 Å². The number of hydrogen-bond acceptors (Lipinski definition) is 1. The molecule has 60 valence electrons. The smallest absolute Gasteiger partial charge is 0.0456 e. The molecule has 1 heteroatoms. The number of para-hydroxylation sites is 1. The molecule has 12 heavy (non-hydrogen) atoms. The lowest BCUT2D eigenvalue weighted by Gasteiger charge is -2.06. The lowest BCUT2D eigenvalue weighted by molar-refractivity contribution is 1.53. The topological polar surface area (TPSA) is 12.0 Å². The highest BCUT2D eigenvalue weighted by Gasteiger charge is 2.02. The molecule has 1 N–H and O–H groups in total. The first-order valence-electron chi connectivity index (χ1n) is 4.07. The summed E-state index contributed by atoms with van der Waals surface area (Å²) in [7, 11) is 0. The van der Waals surface area contributed by atoms with Gasteiger partial charge in [0.2, 0.25) is 0 Å². The quantitative estimate of drug-likeness (QED) is 0.610. The molecule has 1 aliphatic heterocycles. The number of hydrogen-bond donors (Lipinski definition) is 1. The predicted molar refractivity (Wildman–Crippen MR) is 52.9 cm³/mol. The minimum absolute atomic E-state index is 1.18. The van der Waals surface area contributed by atoms with Crippen molar-refractivity contribution in [1.29, 1.82) is 0 Å². The Kier molecular flexibility index (Phi) is 1.71. The van der Waals surface area contributed by atoms with Gasteiger partial charge in [0.05, 0.1) is 0 Å². The molecule has 1 heterocycles. The Bertz CT molecular complexity index is 348. The Balaban J connectivity index is 2.58. The molecule has 0 saturated carbocycles. The summed E-state index contributed by atoms with van der Waals surface area (Å²) in [5.74, 6) is 0. The van der Waals surface area contributed by atoms with Crippen LogP contribution in [0.1, 0.15) is 12.5 Å². The maximum atomic E-state index is 3.22. The third kappa shape index (κ3) is 1.14. The summed E-state index contributed by atoms with van der Waals surface area (Å²) < 4.78 is 0. The Morgan fingerprint density at radius 2 is 2.00 bits per heavy atom. The van der Waals surface area contributed by atoms with Gasteiger partial charge in [0.1, 0.15) is 0 Å². The fraction of sp³-hybridized carbons (Fsp3) is 0.0909. The molecule has 1 aromatic rings. The van der Waals surface area contributed by atoms with Crippen LogP contribution in [0.3, 0.4) is 0 Å². The molecule has 1 aliphatic rings. The maximum Gasteiger partial charge on any atom is 0.0456 e. The van der Waals surface area contributed by atoms with Crippen molar-refractivity contribution in [2.24, 2.45) is 0 Å². The van der Waals surface area contributed by atoms with E-state index in [4.69, 9.17) is 0 Å². The highest BCUT2D eigenvalue weighted by atomic mass is 14.8. The summed E-state index contributed by atoms with van der Waals surface area (Å²) in [5.41, 5.74) is 3.76. The molecule has 0 spiro atoms. The van der Waals surface area contributed by atoms with E-state index in [-0.39, 0.29) is 0 Å². The van der Waals surface area contributed by atoms with Crippen LogP contribution in [0.25, 0.3) is 5.57 Å². The number of fused-ring (bicyclic) bond motifs is 1. The number of rotatable bonds is 0. The van der Waals surface area contributed by atoms with E-state index in [0.717, 1.165) is 0 Å². The summed E-state index contributed by atoms with van der Waals surface area (Å²) in [5, 5.41) is 3.22. The lowest BCUT2D eigenvalue weighted by Crippen LogP contribution is -1.89. The van der Waals surface area contributed by atoms with Gasteiger partial charge < -0.3 is 5.32 Å². The fourth-order valence-electron chi connectivity index (χ4n) is 1.37. The number of benzene rings is 1. The molecule has 2 rings (SSSR count). The molecule has 0 atom stereocenters. The van der Waals surface area contributed by atoms with Crippen molar-refractivity contribution in [3.63, 3.8) is 0 Å². The van der Waals surface area contributed by atoms with Crippen LogP contribution >= 0.6 is 0 Å². The molecule has 0 unspecified atom stereocenters. The van der Waals surface area contributed by atoms with Gasteiger partial charge in [-0.15, -0.1) is 0 Å².